The Bertz CT molecular complexity index is 567. The zero-order valence-corrected chi connectivity index (χ0v) is 14.4. The number of aliphatic hydroxyl groups excluding tert-OH is 1. The fourth-order valence-electron chi connectivity index (χ4n) is 3.69. The molecule has 0 aliphatic carbocycles. The molecular weight excluding hydrogens is 308 g/mol. The molecule has 0 radical (unpaired) electrons. The third-order valence-electron chi connectivity index (χ3n) is 5.23. The van der Waals surface area contributed by atoms with Crippen LogP contribution in [0.15, 0.2) is 0 Å². The Kier molecular flexibility index (Phi) is 5.47. The molecular formula is C16H28N6O2. The number of likely N-dealkylation sites (tertiary alicyclic amines) is 2. The Morgan fingerprint density at radius 1 is 1.25 bits per heavy atom. The van der Waals surface area contributed by atoms with Crippen LogP contribution in [-0.2, 0) is 18.4 Å². The number of rotatable bonds is 4. The number of nitrogens with two attached hydrogens (primary N) is 1. The lowest BCUT2D eigenvalue weighted by atomic mass is 9.97. The number of amides is 1. The van der Waals surface area contributed by atoms with Crippen molar-refractivity contribution in [1.82, 2.24) is 24.6 Å². The molecule has 3 N–H and O–H groups in total. The third-order valence-corrected chi connectivity index (χ3v) is 5.23. The monoisotopic (exact) mass is 336 g/mol. The maximum Gasteiger partial charge on any atom is 0.236 e. The van der Waals surface area contributed by atoms with Crippen molar-refractivity contribution < 1.29 is 9.90 Å². The standard InChI is InChI=1S/C16H28N6O2/c1-20-14(11-21-7-4-13(23)5-8-21)18-19-16(20)12-3-2-6-22(10-12)15(24)9-17/h12-13,23H,2-11,17H2,1H3/t12-/m0/s1. The van der Waals surface area contributed by atoms with Crippen molar-refractivity contribution in [2.24, 2.45) is 12.8 Å². The lowest BCUT2D eigenvalue weighted by Crippen LogP contribution is -2.42. The summed E-state index contributed by atoms with van der Waals surface area (Å²) in [6.07, 6.45) is 3.48. The summed E-state index contributed by atoms with van der Waals surface area (Å²) >= 11 is 0. The molecule has 1 aromatic heterocycles. The van der Waals surface area contributed by atoms with Crippen LogP contribution >= 0.6 is 0 Å². The first kappa shape index (κ1) is 17.3. The van der Waals surface area contributed by atoms with E-state index in [0.717, 1.165) is 63.5 Å². The summed E-state index contributed by atoms with van der Waals surface area (Å²) in [6, 6.07) is 0. The number of aromatic nitrogens is 3. The van der Waals surface area contributed by atoms with E-state index < -0.39 is 0 Å². The Labute approximate surface area is 142 Å². The molecule has 1 aromatic rings. The molecule has 8 nitrogen and oxygen atoms in total. The highest BCUT2D eigenvalue weighted by molar-refractivity contribution is 5.78. The molecule has 0 unspecified atom stereocenters. The first-order chi connectivity index (χ1) is 11.6. The van der Waals surface area contributed by atoms with Crippen LogP contribution < -0.4 is 5.73 Å². The molecule has 2 aliphatic heterocycles. The summed E-state index contributed by atoms with van der Waals surface area (Å²) in [5.41, 5.74) is 5.49. The van der Waals surface area contributed by atoms with E-state index in [2.05, 4.69) is 19.7 Å². The van der Waals surface area contributed by atoms with Crippen molar-refractivity contribution >= 4 is 5.91 Å². The highest BCUT2D eigenvalue weighted by Gasteiger charge is 2.28. The van der Waals surface area contributed by atoms with Gasteiger partial charge in [0.15, 0.2) is 0 Å². The van der Waals surface area contributed by atoms with Gasteiger partial charge in [0.05, 0.1) is 19.2 Å². The van der Waals surface area contributed by atoms with Crippen molar-refractivity contribution in [3.63, 3.8) is 0 Å². The minimum absolute atomic E-state index is 0.00830. The summed E-state index contributed by atoms with van der Waals surface area (Å²) in [7, 11) is 2.01. The number of piperidine rings is 2. The first-order valence-electron chi connectivity index (χ1n) is 8.85. The molecule has 2 aliphatic rings. The molecule has 1 amide bonds. The summed E-state index contributed by atoms with van der Waals surface area (Å²) < 4.78 is 2.08. The lowest BCUT2D eigenvalue weighted by Gasteiger charge is -2.32. The maximum atomic E-state index is 11.9. The van der Waals surface area contributed by atoms with Gasteiger partial charge in [0.25, 0.3) is 0 Å². The van der Waals surface area contributed by atoms with Gasteiger partial charge in [-0.15, -0.1) is 10.2 Å². The summed E-state index contributed by atoms with van der Waals surface area (Å²) in [4.78, 5) is 16.0. The average Bonchev–Trinajstić information content (AvgIpc) is 2.97. The van der Waals surface area contributed by atoms with Crippen LogP contribution in [0, 0.1) is 0 Å². The number of aliphatic hydroxyl groups is 1. The number of nitrogens with zero attached hydrogens (tertiary/aromatic N) is 5. The van der Waals surface area contributed by atoms with Gasteiger partial charge < -0.3 is 20.3 Å². The Morgan fingerprint density at radius 2 is 2.00 bits per heavy atom. The van der Waals surface area contributed by atoms with Crippen LogP contribution in [0.2, 0.25) is 0 Å². The second-order valence-electron chi connectivity index (χ2n) is 6.92. The Hall–Kier alpha value is -1.51. The second kappa shape index (κ2) is 7.58. The van der Waals surface area contributed by atoms with Gasteiger partial charge in [0.1, 0.15) is 11.6 Å². The molecule has 2 saturated heterocycles. The van der Waals surface area contributed by atoms with E-state index in [1.807, 2.05) is 11.9 Å². The largest absolute Gasteiger partial charge is 0.393 e. The van der Waals surface area contributed by atoms with E-state index in [4.69, 9.17) is 5.73 Å². The Balaban J connectivity index is 1.65. The van der Waals surface area contributed by atoms with Crippen LogP contribution in [-0.4, -0.2) is 74.4 Å². The highest BCUT2D eigenvalue weighted by Crippen LogP contribution is 2.26. The second-order valence-corrected chi connectivity index (χ2v) is 6.92. The van der Waals surface area contributed by atoms with Crippen LogP contribution in [0.1, 0.15) is 43.3 Å². The molecule has 0 saturated carbocycles. The van der Waals surface area contributed by atoms with E-state index in [1.165, 1.54) is 0 Å². The minimum atomic E-state index is -0.162. The van der Waals surface area contributed by atoms with Gasteiger partial charge in [-0.1, -0.05) is 0 Å². The zero-order valence-electron chi connectivity index (χ0n) is 14.4. The van der Waals surface area contributed by atoms with Crippen LogP contribution in [0.25, 0.3) is 0 Å². The average molecular weight is 336 g/mol. The van der Waals surface area contributed by atoms with Gasteiger partial charge >= 0.3 is 0 Å². The summed E-state index contributed by atoms with van der Waals surface area (Å²) in [5, 5.41) is 18.4. The molecule has 2 fully saturated rings. The van der Waals surface area contributed by atoms with E-state index in [1.54, 1.807) is 0 Å². The first-order valence-corrected chi connectivity index (χ1v) is 8.85. The molecule has 3 heterocycles. The van der Waals surface area contributed by atoms with Crippen LogP contribution in [0.3, 0.4) is 0 Å². The molecule has 0 spiro atoms. The van der Waals surface area contributed by atoms with Gasteiger partial charge in [-0.2, -0.15) is 0 Å². The maximum absolute atomic E-state index is 11.9. The van der Waals surface area contributed by atoms with Gasteiger partial charge in [0, 0.05) is 39.1 Å². The molecule has 3 rings (SSSR count). The molecule has 8 heteroatoms. The number of carbonyl (C=O) groups is 1. The molecule has 134 valence electrons. The van der Waals surface area contributed by atoms with Crippen molar-refractivity contribution in [3.8, 4) is 0 Å². The SMILES string of the molecule is Cn1c(CN2CCC(O)CC2)nnc1[C@H]1CCCN(C(=O)CN)C1. The number of hydrogen-bond donors (Lipinski definition) is 2. The third kappa shape index (κ3) is 3.76. The smallest absolute Gasteiger partial charge is 0.236 e. The van der Waals surface area contributed by atoms with E-state index in [0.29, 0.717) is 6.54 Å². The van der Waals surface area contributed by atoms with Gasteiger partial charge in [-0.05, 0) is 25.7 Å². The molecule has 1 atom stereocenters. The normalized spacial score (nSPS) is 23.6. The van der Waals surface area contributed by atoms with E-state index >= 15 is 0 Å². The summed E-state index contributed by atoms with van der Waals surface area (Å²) in [5.74, 6) is 2.14. The fraction of sp³-hybridized carbons (Fsp3) is 0.812. The lowest BCUT2D eigenvalue weighted by molar-refractivity contribution is -0.130. The van der Waals surface area contributed by atoms with E-state index in [-0.39, 0.29) is 24.5 Å². The topological polar surface area (TPSA) is 101 Å². The minimum Gasteiger partial charge on any atom is -0.393 e. The van der Waals surface area contributed by atoms with Gasteiger partial charge in [-0.25, -0.2) is 0 Å². The molecule has 0 bridgehead atoms. The zero-order chi connectivity index (χ0) is 17.1. The van der Waals surface area contributed by atoms with Crippen molar-refractivity contribution in [3.05, 3.63) is 11.6 Å². The summed E-state index contributed by atoms with van der Waals surface area (Å²) in [6.45, 7) is 4.08. The molecule has 0 aromatic carbocycles. The molecule has 24 heavy (non-hydrogen) atoms. The predicted molar refractivity (Wildman–Crippen MR) is 89.1 cm³/mol. The van der Waals surface area contributed by atoms with Crippen molar-refractivity contribution in [1.29, 1.82) is 0 Å². The van der Waals surface area contributed by atoms with Crippen molar-refractivity contribution in [2.75, 3.05) is 32.7 Å². The number of hydrogen-bond acceptors (Lipinski definition) is 6. The van der Waals surface area contributed by atoms with Crippen LogP contribution in [0.5, 0.6) is 0 Å². The Morgan fingerprint density at radius 3 is 2.71 bits per heavy atom. The fourth-order valence-corrected chi connectivity index (χ4v) is 3.69. The number of carbonyl (C=O) groups excluding carboxylic acids is 1. The van der Waals surface area contributed by atoms with E-state index in [9.17, 15) is 9.90 Å². The quantitative estimate of drug-likeness (QED) is 0.764. The van der Waals surface area contributed by atoms with Crippen LogP contribution in [0.4, 0.5) is 0 Å². The predicted octanol–water partition coefficient (Wildman–Crippen LogP) is -0.563. The van der Waals surface area contributed by atoms with Crippen molar-refractivity contribution in [2.45, 2.75) is 44.2 Å². The van der Waals surface area contributed by atoms with Gasteiger partial charge in [-0.3, -0.25) is 9.69 Å². The highest BCUT2D eigenvalue weighted by atomic mass is 16.3. The van der Waals surface area contributed by atoms with Gasteiger partial charge in [0.2, 0.25) is 5.91 Å².